The first-order chi connectivity index (χ1) is 6.13. The summed E-state index contributed by atoms with van der Waals surface area (Å²) in [5.74, 6) is -5.00. The Balaban J connectivity index is 0.000000396. The molecule has 72 valence electrons. The smallest absolute Gasteiger partial charge is 0.165 e. The van der Waals surface area contributed by atoms with E-state index < -0.39 is 34.5 Å². The standard InChI is InChI=1S/C7H2F4.CH4O/c8-4-2-1-3(6(4)10)7(11)5(2)9;1-2/h1H2;2H,1H3. The molecule has 0 aromatic heterocycles. The highest BCUT2D eigenvalue weighted by atomic mass is 19.2. The van der Waals surface area contributed by atoms with Gasteiger partial charge in [-0.25, -0.2) is 17.6 Å². The number of aliphatic hydroxyl groups excluding tert-OH is 1. The predicted molar refractivity (Wildman–Crippen MR) is 38.3 cm³/mol. The van der Waals surface area contributed by atoms with Crippen LogP contribution in [0, 0.1) is 0 Å². The molecule has 2 aliphatic carbocycles. The minimum atomic E-state index is -1.25. The molecule has 0 aliphatic heterocycles. The van der Waals surface area contributed by atoms with Gasteiger partial charge in [0.05, 0.1) is 0 Å². The number of hydrogen-bond acceptors (Lipinski definition) is 1. The maximum atomic E-state index is 12.4. The average molecular weight is 194 g/mol. The summed E-state index contributed by atoms with van der Waals surface area (Å²) in [6.07, 6.45) is -0.282. The minimum absolute atomic E-state index is 0.282. The van der Waals surface area contributed by atoms with Crippen molar-refractivity contribution in [1.82, 2.24) is 0 Å². The molecule has 0 fully saturated rings. The number of fused-ring (bicyclic) bond motifs is 2. The van der Waals surface area contributed by atoms with Crippen molar-refractivity contribution in [3.8, 4) is 0 Å². The van der Waals surface area contributed by atoms with Crippen molar-refractivity contribution in [2.75, 3.05) is 7.11 Å². The third-order valence-corrected chi connectivity index (χ3v) is 1.80. The first-order valence-corrected chi connectivity index (χ1v) is 3.41. The molecule has 2 aliphatic rings. The van der Waals surface area contributed by atoms with Gasteiger partial charge in [-0.05, 0) is 0 Å². The molecule has 0 unspecified atom stereocenters. The van der Waals surface area contributed by atoms with Gasteiger partial charge in [-0.3, -0.25) is 0 Å². The van der Waals surface area contributed by atoms with Crippen LogP contribution >= 0.6 is 0 Å². The number of halogens is 4. The summed E-state index contributed by atoms with van der Waals surface area (Å²) in [6, 6.07) is 0. The van der Waals surface area contributed by atoms with Crippen molar-refractivity contribution >= 4 is 0 Å². The van der Waals surface area contributed by atoms with E-state index in [0.29, 0.717) is 0 Å². The summed E-state index contributed by atoms with van der Waals surface area (Å²) in [4.78, 5) is 0. The Morgan fingerprint density at radius 1 is 0.769 bits per heavy atom. The highest BCUT2D eigenvalue weighted by Crippen LogP contribution is 2.49. The van der Waals surface area contributed by atoms with Crippen LogP contribution in [-0.2, 0) is 0 Å². The molecule has 1 N–H and O–H groups in total. The fraction of sp³-hybridized carbons (Fsp3) is 0.250. The van der Waals surface area contributed by atoms with Crippen molar-refractivity contribution in [2.24, 2.45) is 0 Å². The Morgan fingerprint density at radius 3 is 1.31 bits per heavy atom. The predicted octanol–water partition coefficient (Wildman–Crippen LogP) is 2.61. The Bertz CT molecular complexity index is 282. The Labute approximate surface area is 71.7 Å². The molecule has 1 nitrogen and oxygen atoms in total. The molecular formula is C8H6F4O. The van der Waals surface area contributed by atoms with E-state index in [4.69, 9.17) is 5.11 Å². The van der Waals surface area contributed by atoms with E-state index in [0.717, 1.165) is 7.11 Å². The summed E-state index contributed by atoms with van der Waals surface area (Å²) >= 11 is 0. The fourth-order valence-corrected chi connectivity index (χ4v) is 1.21. The third-order valence-electron chi connectivity index (χ3n) is 1.80. The molecule has 0 atom stereocenters. The first-order valence-electron chi connectivity index (χ1n) is 3.41. The average Bonchev–Trinajstić information content (AvgIpc) is 2.59. The molecule has 0 saturated heterocycles. The molecule has 5 heteroatoms. The second-order valence-electron chi connectivity index (χ2n) is 2.39. The summed E-state index contributed by atoms with van der Waals surface area (Å²) in [5, 5.41) is 7.00. The van der Waals surface area contributed by atoms with Gasteiger partial charge in [0.1, 0.15) is 0 Å². The molecule has 0 heterocycles. The second-order valence-corrected chi connectivity index (χ2v) is 2.39. The van der Waals surface area contributed by atoms with Crippen LogP contribution in [0.15, 0.2) is 34.5 Å². The quantitative estimate of drug-likeness (QED) is 0.587. The van der Waals surface area contributed by atoms with Crippen LogP contribution in [0.5, 0.6) is 0 Å². The van der Waals surface area contributed by atoms with Gasteiger partial charge in [0.2, 0.25) is 0 Å². The van der Waals surface area contributed by atoms with Crippen LogP contribution in [-0.4, -0.2) is 12.2 Å². The van der Waals surface area contributed by atoms with Crippen molar-refractivity contribution in [3.63, 3.8) is 0 Å². The Hall–Kier alpha value is -1.10. The van der Waals surface area contributed by atoms with Gasteiger partial charge in [0.25, 0.3) is 0 Å². The molecule has 0 spiro atoms. The number of rotatable bonds is 0. The van der Waals surface area contributed by atoms with Crippen LogP contribution in [0.2, 0.25) is 0 Å². The van der Waals surface area contributed by atoms with Gasteiger partial charge in [0, 0.05) is 24.7 Å². The van der Waals surface area contributed by atoms with Crippen LogP contribution in [0.25, 0.3) is 0 Å². The fourth-order valence-electron chi connectivity index (χ4n) is 1.21. The summed E-state index contributed by atoms with van der Waals surface area (Å²) < 4.78 is 49.8. The lowest BCUT2D eigenvalue weighted by Crippen LogP contribution is -1.86. The second kappa shape index (κ2) is 3.33. The van der Waals surface area contributed by atoms with Crippen LogP contribution in [0.1, 0.15) is 6.42 Å². The van der Waals surface area contributed by atoms with E-state index >= 15 is 0 Å². The molecule has 0 radical (unpaired) electrons. The van der Waals surface area contributed by atoms with Crippen LogP contribution in [0.4, 0.5) is 17.6 Å². The van der Waals surface area contributed by atoms with Crippen molar-refractivity contribution in [1.29, 1.82) is 0 Å². The molecule has 13 heavy (non-hydrogen) atoms. The van der Waals surface area contributed by atoms with E-state index in [1.807, 2.05) is 0 Å². The Kier molecular flexibility index (Phi) is 2.56. The van der Waals surface area contributed by atoms with E-state index in [1.165, 1.54) is 0 Å². The zero-order chi connectivity index (χ0) is 10.2. The highest BCUT2D eigenvalue weighted by Gasteiger charge is 2.38. The summed E-state index contributed by atoms with van der Waals surface area (Å²) in [5.41, 5.74) is -0.981. The number of allylic oxidation sites excluding steroid dienone is 6. The van der Waals surface area contributed by atoms with Gasteiger partial charge in [-0.15, -0.1) is 0 Å². The molecule has 0 aromatic carbocycles. The Morgan fingerprint density at radius 2 is 1.08 bits per heavy atom. The number of aliphatic hydroxyl groups is 1. The van der Waals surface area contributed by atoms with Crippen molar-refractivity contribution in [3.05, 3.63) is 34.5 Å². The van der Waals surface area contributed by atoms with E-state index in [9.17, 15) is 17.6 Å². The van der Waals surface area contributed by atoms with Crippen molar-refractivity contribution in [2.45, 2.75) is 6.42 Å². The summed E-state index contributed by atoms with van der Waals surface area (Å²) in [6.45, 7) is 0. The van der Waals surface area contributed by atoms with E-state index in [2.05, 4.69) is 0 Å². The van der Waals surface area contributed by atoms with Gasteiger partial charge < -0.3 is 5.11 Å². The lowest BCUT2D eigenvalue weighted by atomic mass is 10.2. The molecular weight excluding hydrogens is 188 g/mol. The maximum Gasteiger partial charge on any atom is 0.165 e. The summed E-state index contributed by atoms with van der Waals surface area (Å²) in [7, 11) is 1.00. The van der Waals surface area contributed by atoms with Crippen LogP contribution < -0.4 is 0 Å². The van der Waals surface area contributed by atoms with Gasteiger partial charge in [-0.1, -0.05) is 0 Å². The molecule has 2 rings (SSSR count). The lowest BCUT2D eigenvalue weighted by molar-refractivity contribution is 0.399. The highest BCUT2D eigenvalue weighted by molar-refractivity contribution is 5.61. The SMILES string of the molecule is CO.FC1=C(F)C2=C(F)C(F)=C1C2. The largest absolute Gasteiger partial charge is 0.400 e. The topological polar surface area (TPSA) is 20.2 Å². The maximum absolute atomic E-state index is 12.4. The zero-order valence-corrected chi connectivity index (χ0v) is 6.67. The molecule has 0 saturated carbocycles. The minimum Gasteiger partial charge on any atom is -0.400 e. The molecule has 2 bridgehead atoms. The van der Waals surface area contributed by atoms with Gasteiger partial charge in [-0.2, -0.15) is 0 Å². The van der Waals surface area contributed by atoms with Gasteiger partial charge >= 0.3 is 0 Å². The number of hydrogen-bond donors (Lipinski definition) is 1. The normalized spacial score (nSPS) is 19.8. The van der Waals surface area contributed by atoms with E-state index in [1.54, 1.807) is 0 Å². The third kappa shape index (κ3) is 1.19. The lowest BCUT2D eigenvalue weighted by Gasteiger charge is -1.98. The molecule has 0 aromatic rings. The monoisotopic (exact) mass is 194 g/mol. The zero-order valence-electron chi connectivity index (χ0n) is 6.67. The van der Waals surface area contributed by atoms with Crippen molar-refractivity contribution < 1.29 is 22.7 Å². The molecule has 0 amide bonds. The van der Waals surface area contributed by atoms with E-state index in [-0.39, 0.29) is 6.42 Å². The first kappa shape index (κ1) is 9.98. The van der Waals surface area contributed by atoms with Crippen LogP contribution in [0.3, 0.4) is 0 Å². The van der Waals surface area contributed by atoms with Gasteiger partial charge in [0.15, 0.2) is 23.3 Å².